The Balaban J connectivity index is 0.00000121. The number of nitrogens with zero attached hydrogens (tertiary/aromatic N) is 2. The summed E-state index contributed by atoms with van der Waals surface area (Å²) in [5, 5.41) is 3.76. The van der Waals surface area contributed by atoms with E-state index in [-0.39, 0.29) is 30.4 Å². The standard InChI is InChI=1S/C15H16ClN3O.2ClH/c1-17-15(4-5-15)10-20-12-7-13(14(16)19-9-12)11-3-2-6-18-8-11;;/h2-3,6-9,17H,4-5,10H2,1H3;2*1H. The topological polar surface area (TPSA) is 47.0 Å². The minimum Gasteiger partial charge on any atom is -0.490 e. The number of aromatic nitrogens is 2. The van der Waals surface area contributed by atoms with E-state index in [4.69, 9.17) is 16.3 Å². The minimum absolute atomic E-state index is 0. The van der Waals surface area contributed by atoms with Crippen LogP contribution in [0.3, 0.4) is 0 Å². The molecule has 0 amide bonds. The molecule has 1 saturated carbocycles. The lowest BCUT2D eigenvalue weighted by Gasteiger charge is -2.15. The Morgan fingerprint density at radius 3 is 2.68 bits per heavy atom. The van der Waals surface area contributed by atoms with Crippen molar-refractivity contribution >= 4 is 36.4 Å². The monoisotopic (exact) mass is 361 g/mol. The average Bonchev–Trinajstić information content (AvgIpc) is 3.28. The number of hydrogen-bond donors (Lipinski definition) is 1. The molecule has 0 aliphatic heterocycles. The zero-order valence-electron chi connectivity index (χ0n) is 12.1. The molecule has 1 N–H and O–H groups in total. The molecular formula is C15H18Cl3N3O. The van der Waals surface area contributed by atoms with E-state index in [0.717, 1.165) is 29.7 Å². The van der Waals surface area contributed by atoms with E-state index in [9.17, 15) is 0 Å². The van der Waals surface area contributed by atoms with Crippen LogP contribution < -0.4 is 10.1 Å². The Labute approximate surface area is 147 Å². The van der Waals surface area contributed by atoms with Crippen molar-refractivity contribution in [2.75, 3.05) is 13.7 Å². The maximum atomic E-state index is 6.15. The van der Waals surface area contributed by atoms with Gasteiger partial charge in [-0.1, -0.05) is 17.7 Å². The van der Waals surface area contributed by atoms with Gasteiger partial charge in [-0.2, -0.15) is 0 Å². The van der Waals surface area contributed by atoms with Gasteiger partial charge in [0.25, 0.3) is 0 Å². The van der Waals surface area contributed by atoms with Crippen LogP contribution in [0.5, 0.6) is 5.75 Å². The van der Waals surface area contributed by atoms with Crippen molar-refractivity contribution in [2.24, 2.45) is 0 Å². The highest BCUT2D eigenvalue weighted by Crippen LogP contribution is 2.36. The van der Waals surface area contributed by atoms with Gasteiger partial charge in [-0.25, -0.2) is 4.98 Å². The molecule has 2 heterocycles. The number of pyridine rings is 2. The van der Waals surface area contributed by atoms with Crippen LogP contribution in [0.4, 0.5) is 0 Å². The molecule has 0 spiro atoms. The molecule has 0 atom stereocenters. The summed E-state index contributed by atoms with van der Waals surface area (Å²) in [5.74, 6) is 0.731. The van der Waals surface area contributed by atoms with Crippen LogP contribution in [0.25, 0.3) is 11.1 Å². The van der Waals surface area contributed by atoms with Gasteiger partial charge in [-0.05, 0) is 32.0 Å². The van der Waals surface area contributed by atoms with Crippen molar-refractivity contribution in [1.82, 2.24) is 15.3 Å². The molecule has 1 fully saturated rings. The van der Waals surface area contributed by atoms with E-state index < -0.39 is 0 Å². The molecule has 22 heavy (non-hydrogen) atoms. The van der Waals surface area contributed by atoms with E-state index in [1.54, 1.807) is 18.6 Å². The molecule has 1 aliphatic carbocycles. The molecule has 3 rings (SSSR count). The minimum atomic E-state index is 0. The Kier molecular flexibility index (Phi) is 6.88. The lowest BCUT2D eigenvalue weighted by atomic mass is 10.1. The van der Waals surface area contributed by atoms with E-state index in [1.807, 2.05) is 25.2 Å². The molecule has 2 aromatic heterocycles. The molecule has 4 nitrogen and oxygen atoms in total. The van der Waals surface area contributed by atoms with Gasteiger partial charge in [0.2, 0.25) is 0 Å². The van der Waals surface area contributed by atoms with E-state index in [1.165, 1.54) is 0 Å². The van der Waals surface area contributed by atoms with Gasteiger partial charge < -0.3 is 10.1 Å². The van der Waals surface area contributed by atoms with Crippen LogP contribution in [0.15, 0.2) is 36.8 Å². The fourth-order valence-electron chi connectivity index (χ4n) is 2.07. The number of nitrogens with one attached hydrogen (secondary N) is 1. The van der Waals surface area contributed by atoms with Crippen LogP contribution in [0.1, 0.15) is 12.8 Å². The fourth-order valence-corrected chi connectivity index (χ4v) is 2.28. The first-order valence-electron chi connectivity index (χ1n) is 6.60. The normalized spacial score (nSPS) is 14.5. The molecule has 0 radical (unpaired) electrons. The molecule has 0 bridgehead atoms. The fraction of sp³-hybridized carbons (Fsp3) is 0.333. The first kappa shape index (κ1) is 19.0. The molecule has 2 aromatic rings. The second-order valence-electron chi connectivity index (χ2n) is 5.07. The molecular weight excluding hydrogens is 345 g/mol. The summed E-state index contributed by atoms with van der Waals surface area (Å²) in [6.45, 7) is 0.652. The van der Waals surface area contributed by atoms with Gasteiger partial charge in [0.1, 0.15) is 17.5 Å². The van der Waals surface area contributed by atoms with Crippen LogP contribution in [-0.2, 0) is 0 Å². The molecule has 0 unspecified atom stereocenters. The molecule has 7 heteroatoms. The molecule has 1 aliphatic rings. The van der Waals surface area contributed by atoms with Gasteiger partial charge in [0, 0.05) is 23.5 Å². The van der Waals surface area contributed by atoms with Gasteiger partial charge in [0.15, 0.2) is 0 Å². The molecule has 0 aromatic carbocycles. The second-order valence-corrected chi connectivity index (χ2v) is 5.43. The molecule has 120 valence electrons. The predicted octanol–water partition coefficient (Wildman–Crippen LogP) is 3.77. The summed E-state index contributed by atoms with van der Waals surface area (Å²) < 4.78 is 5.84. The van der Waals surface area contributed by atoms with Gasteiger partial charge in [0.05, 0.1) is 11.7 Å². The third-order valence-corrected chi connectivity index (χ3v) is 3.99. The van der Waals surface area contributed by atoms with Crippen molar-refractivity contribution < 1.29 is 4.74 Å². The quantitative estimate of drug-likeness (QED) is 0.823. The number of rotatable bonds is 5. The Hall–Kier alpha value is -1.07. The third-order valence-electron chi connectivity index (χ3n) is 3.69. The van der Waals surface area contributed by atoms with E-state index in [2.05, 4.69) is 15.3 Å². The average molecular weight is 363 g/mol. The Bertz CT molecular complexity index is 606. The van der Waals surface area contributed by atoms with Crippen LogP contribution in [0.2, 0.25) is 5.15 Å². The number of likely N-dealkylation sites (N-methyl/N-ethyl adjacent to an activating group) is 1. The maximum Gasteiger partial charge on any atom is 0.138 e. The maximum absolute atomic E-state index is 6.15. The predicted molar refractivity (Wildman–Crippen MR) is 93.5 cm³/mol. The zero-order chi connectivity index (χ0) is 14.0. The largest absolute Gasteiger partial charge is 0.490 e. The van der Waals surface area contributed by atoms with Crippen LogP contribution >= 0.6 is 36.4 Å². The summed E-state index contributed by atoms with van der Waals surface area (Å²) in [6.07, 6.45) is 7.46. The highest BCUT2D eigenvalue weighted by Gasteiger charge is 2.41. The van der Waals surface area contributed by atoms with Crippen LogP contribution in [0, 0.1) is 0 Å². The molecule has 0 saturated heterocycles. The van der Waals surface area contributed by atoms with Gasteiger partial charge in [-0.3, -0.25) is 4.98 Å². The van der Waals surface area contributed by atoms with Gasteiger partial charge in [-0.15, -0.1) is 24.8 Å². The summed E-state index contributed by atoms with van der Waals surface area (Å²) >= 11 is 6.15. The smallest absolute Gasteiger partial charge is 0.138 e. The zero-order valence-corrected chi connectivity index (χ0v) is 14.5. The van der Waals surface area contributed by atoms with E-state index in [0.29, 0.717) is 11.8 Å². The number of ether oxygens (including phenoxy) is 1. The van der Waals surface area contributed by atoms with E-state index >= 15 is 0 Å². The van der Waals surface area contributed by atoms with Crippen molar-refractivity contribution in [3.05, 3.63) is 41.9 Å². The summed E-state index contributed by atoms with van der Waals surface area (Å²) in [4.78, 5) is 8.30. The van der Waals surface area contributed by atoms with Crippen molar-refractivity contribution in [3.8, 4) is 16.9 Å². The summed E-state index contributed by atoms with van der Waals surface area (Å²) in [5.41, 5.74) is 1.92. The second kappa shape index (κ2) is 7.97. The Morgan fingerprint density at radius 1 is 1.32 bits per heavy atom. The van der Waals surface area contributed by atoms with Gasteiger partial charge >= 0.3 is 0 Å². The summed E-state index contributed by atoms with van der Waals surface area (Å²) in [6, 6.07) is 5.74. The lowest BCUT2D eigenvalue weighted by Crippen LogP contribution is -2.33. The SMILES string of the molecule is CNC1(COc2cnc(Cl)c(-c3cccnc3)c2)CC1.Cl.Cl. The Morgan fingerprint density at radius 2 is 2.09 bits per heavy atom. The third kappa shape index (κ3) is 4.23. The first-order valence-corrected chi connectivity index (χ1v) is 6.98. The summed E-state index contributed by atoms with van der Waals surface area (Å²) in [7, 11) is 1.97. The van der Waals surface area contributed by atoms with Crippen molar-refractivity contribution in [1.29, 1.82) is 0 Å². The highest BCUT2D eigenvalue weighted by atomic mass is 35.5. The van der Waals surface area contributed by atoms with Crippen LogP contribution in [-0.4, -0.2) is 29.2 Å². The first-order chi connectivity index (χ1) is 9.72. The number of hydrogen-bond acceptors (Lipinski definition) is 4. The highest BCUT2D eigenvalue weighted by molar-refractivity contribution is 6.32. The lowest BCUT2D eigenvalue weighted by molar-refractivity contribution is 0.259. The van der Waals surface area contributed by atoms with Crippen molar-refractivity contribution in [3.63, 3.8) is 0 Å². The van der Waals surface area contributed by atoms with Crippen molar-refractivity contribution in [2.45, 2.75) is 18.4 Å². The number of halogens is 3.